The largest absolute Gasteiger partial charge is 0.492 e. The summed E-state index contributed by atoms with van der Waals surface area (Å²) in [6.07, 6.45) is 5.81. The predicted octanol–water partition coefficient (Wildman–Crippen LogP) is 4.98. The van der Waals surface area contributed by atoms with Crippen molar-refractivity contribution in [3.05, 3.63) is 71.4 Å². The van der Waals surface area contributed by atoms with Crippen LogP contribution in [0.1, 0.15) is 42.5 Å². The average molecular weight is 511 g/mol. The number of halogens is 1. The van der Waals surface area contributed by atoms with Crippen LogP contribution in [0.2, 0.25) is 5.02 Å². The van der Waals surface area contributed by atoms with Crippen molar-refractivity contribution in [3.63, 3.8) is 0 Å². The number of hydrogen-bond donors (Lipinski definition) is 2. The maximum atomic E-state index is 13.1. The molecule has 1 aliphatic rings. The third-order valence-corrected chi connectivity index (χ3v) is 6.62. The first-order chi connectivity index (χ1) is 17.5. The third-order valence-electron chi connectivity index (χ3n) is 6.29. The molecule has 1 heterocycles. The quantitative estimate of drug-likeness (QED) is 0.371. The lowest BCUT2D eigenvalue weighted by Crippen LogP contribution is -2.41. The van der Waals surface area contributed by atoms with Gasteiger partial charge in [0.1, 0.15) is 24.4 Å². The summed E-state index contributed by atoms with van der Waals surface area (Å²) in [5.41, 5.74) is 0.966. The summed E-state index contributed by atoms with van der Waals surface area (Å²) in [4.78, 5) is 23.5. The van der Waals surface area contributed by atoms with Gasteiger partial charge in [-0.3, -0.25) is 4.79 Å². The number of aliphatic hydroxyl groups excluding tert-OH is 1. The predicted molar refractivity (Wildman–Crippen MR) is 139 cm³/mol. The number of amides is 1. The average Bonchev–Trinajstić information content (AvgIpc) is 2.92. The molecule has 1 atom stereocenters. The van der Waals surface area contributed by atoms with E-state index in [1.165, 1.54) is 13.5 Å². The molecule has 1 aromatic heterocycles. The molecule has 9 heteroatoms. The number of anilines is 2. The van der Waals surface area contributed by atoms with Gasteiger partial charge in [0.25, 0.3) is 5.91 Å². The van der Waals surface area contributed by atoms with Gasteiger partial charge in [0.15, 0.2) is 0 Å². The number of ether oxygens (including phenoxy) is 2. The SMILES string of the molecule is COc1nccc(N(CCOc2ccccc2)c2ccc(Cl)c(C(=O)NC(O)C3CCCCC3)c2)n1. The van der Waals surface area contributed by atoms with E-state index in [2.05, 4.69) is 15.3 Å². The molecule has 36 heavy (non-hydrogen) atoms. The van der Waals surface area contributed by atoms with E-state index in [1.54, 1.807) is 24.4 Å². The van der Waals surface area contributed by atoms with Gasteiger partial charge in [-0.25, -0.2) is 4.98 Å². The van der Waals surface area contributed by atoms with Crippen LogP contribution < -0.4 is 19.7 Å². The molecule has 1 amide bonds. The Hall–Kier alpha value is -3.36. The first-order valence-corrected chi connectivity index (χ1v) is 12.5. The summed E-state index contributed by atoms with van der Waals surface area (Å²) < 4.78 is 11.1. The van der Waals surface area contributed by atoms with Crippen LogP contribution in [-0.4, -0.2) is 47.5 Å². The van der Waals surface area contributed by atoms with Gasteiger partial charge < -0.3 is 24.8 Å². The second kappa shape index (κ2) is 12.6. The summed E-state index contributed by atoms with van der Waals surface area (Å²) in [5.74, 6) is 0.977. The van der Waals surface area contributed by atoms with Gasteiger partial charge in [-0.2, -0.15) is 4.98 Å². The molecule has 4 rings (SSSR count). The molecule has 0 bridgehead atoms. The van der Waals surface area contributed by atoms with Crippen molar-refractivity contribution < 1.29 is 19.4 Å². The molecule has 0 spiro atoms. The maximum absolute atomic E-state index is 13.1. The summed E-state index contributed by atoms with van der Waals surface area (Å²) in [5, 5.41) is 13.6. The van der Waals surface area contributed by atoms with E-state index in [-0.39, 0.29) is 17.5 Å². The number of carbonyl (C=O) groups excluding carboxylic acids is 1. The highest BCUT2D eigenvalue weighted by atomic mass is 35.5. The molecule has 2 N–H and O–H groups in total. The van der Waals surface area contributed by atoms with Crippen LogP contribution in [0.25, 0.3) is 0 Å². The summed E-state index contributed by atoms with van der Waals surface area (Å²) in [6, 6.07) is 16.7. The van der Waals surface area contributed by atoms with E-state index in [4.69, 9.17) is 21.1 Å². The van der Waals surface area contributed by atoms with Crippen molar-refractivity contribution in [1.29, 1.82) is 0 Å². The van der Waals surface area contributed by atoms with Gasteiger partial charge in [0.05, 0.1) is 24.2 Å². The number of para-hydroxylation sites is 1. The van der Waals surface area contributed by atoms with Crippen LogP contribution in [0.4, 0.5) is 11.5 Å². The first kappa shape index (κ1) is 25.7. The molecule has 0 aliphatic heterocycles. The summed E-state index contributed by atoms with van der Waals surface area (Å²) in [7, 11) is 1.50. The van der Waals surface area contributed by atoms with Gasteiger partial charge >= 0.3 is 6.01 Å². The minimum atomic E-state index is -0.904. The van der Waals surface area contributed by atoms with Gasteiger partial charge in [-0.05, 0) is 49.2 Å². The molecule has 0 saturated heterocycles. The van der Waals surface area contributed by atoms with Crippen molar-refractivity contribution in [2.45, 2.75) is 38.3 Å². The number of nitrogens with one attached hydrogen (secondary N) is 1. The number of aliphatic hydroxyl groups is 1. The molecule has 0 radical (unpaired) electrons. The van der Waals surface area contributed by atoms with E-state index < -0.39 is 12.1 Å². The number of aromatic nitrogens is 2. The molecular formula is C27H31ClN4O4. The van der Waals surface area contributed by atoms with E-state index in [0.717, 1.165) is 31.4 Å². The standard InChI is InChI=1S/C27H31ClN4O4/c1-35-27-29-15-14-24(30-27)32(16-17-36-21-10-6-3-7-11-21)20-12-13-23(28)22(18-20)26(34)31-25(33)19-8-4-2-5-9-19/h3,6-7,10-15,18-19,25,33H,2,4-5,8-9,16-17H2,1H3,(H,31,34). The van der Waals surface area contributed by atoms with Crippen LogP contribution in [-0.2, 0) is 0 Å². The number of rotatable bonds is 10. The van der Waals surface area contributed by atoms with E-state index in [1.807, 2.05) is 41.3 Å². The van der Waals surface area contributed by atoms with Crippen molar-refractivity contribution in [1.82, 2.24) is 15.3 Å². The van der Waals surface area contributed by atoms with Gasteiger partial charge in [-0.15, -0.1) is 0 Å². The van der Waals surface area contributed by atoms with Crippen LogP contribution >= 0.6 is 11.6 Å². The fraction of sp³-hybridized carbons (Fsp3) is 0.370. The normalized spacial score (nSPS) is 14.6. The molecule has 1 unspecified atom stereocenters. The van der Waals surface area contributed by atoms with E-state index in [0.29, 0.717) is 29.7 Å². The zero-order valence-corrected chi connectivity index (χ0v) is 21.0. The van der Waals surface area contributed by atoms with Crippen LogP contribution in [0.5, 0.6) is 11.8 Å². The Morgan fingerprint density at radius 1 is 1.17 bits per heavy atom. The zero-order chi connectivity index (χ0) is 25.3. The molecule has 190 valence electrons. The molecule has 1 saturated carbocycles. The van der Waals surface area contributed by atoms with Crippen molar-refractivity contribution in [3.8, 4) is 11.8 Å². The topological polar surface area (TPSA) is 96.8 Å². The second-order valence-electron chi connectivity index (χ2n) is 8.70. The number of methoxy groups -OCH3 is 1. The van der Waals surface area contributed by atoms with Crippen molar-refractivity contribution in [2.24, 2.45) is 5.92 Å². The molecule has 3 aromatic rings. The minimum Gasteiger partial charge on any atom is -0.492 e. The smallest absolute Gasteiger partial charge is 0.318 e. The highest BCUT2D eigenvalue weighted by molar-refractivity contribution is 6.34. The highest BCUT2D eigenvalue weighted by Gasteiger charge is 2.25. The van der Waals surface area contributed by atoms with Crippen molar-refractivity contribution in [2.75, 3.05) is 25.2 Å². The third kappa shape index (κ3) is 6.65. The Bertz CT molecular complexity index is 1140. The lowest BCUT2D eigenvalue weighted by molar-refractivity contribution is 0.0463. The number of carbonyl (C=O) groups is 1. The number of benzene rings is 2. The Morgan fingerprint density at radius 3 is 2.69 bits per heavy atom. The molecular weight excluding hydrogens is 480 g/mol. The summed E-state index contributed by atoms with van der Waals surface area (Å²) in [6.45, 7) is 0.795. The number of hydrogen-bond acceptors (Lipinski definition) is 7. The zero-order valence-electron chi connectivity index (χ0n) is 20.3. The lowest BCUT2D eigenvalue weighted by atomic mass is 9.88. The van der Waals surface area contributed by atoms with Crippen LogP contribution in [0, 0.1) is 5.92 Å². The lowest BCUT2D eigenvalue weighted by Gasteiger charge is -2.27. The molecule has 2 aromatic carbocycles. The Morgan fingerprint density at radius 2 is 1.94 bits per heavy atom. The monoisotopic (exact) mass is 510 g/mol. The minimum absolute atomic E-state index is 0.0600. The Labute approximate surface area is 216 Å². The van der Waals surface area contributed by atoms with Crippen LogP contribution in [0.3, 0.4) is 0 Å². The van der Waals surface area contributed by atoms with Gasteiger partial charge in [0, 0.05) is 17.8 Å². The van der Waals surface area contributed by atoms with Crippen LogP contribution in [0.15, 0.2) is 60.8 Å². The van der Waals surface area contributed by atoms with Gasteiger partial charge in [-0.1, -0.05) is 49.1 Å². The Kier molecular flexibility index (Phi) is 8.97. The first-order valence-electron chi connectivity index (χ1n) is 12.2. The molecule has 1 fully saturated rings. The fourth-order valence-electron chi connectivity index (χ4n) is 4.36. The molecule has 1 aliphatic carbocycles. The molecule has 8 nitrogen and oxygen atoms in total. The Balaban J connectivity index is 1.56. The fourth-order valence-corrected chi connectivity index (χ4v) is 4.57. The van der Waals surface area contributed by atoms with Gasteiger partial charge in [0.2, 0.25) is 0 Å². The van der Waals surface area contributed by atoms with Crippen molar-refractivity contribution >= 4 is 29.0 Å². The maximum Gasteiger partial charge on any atom is 0.318 e. The van der Waals surface area contributed by atoms with E-state index >= 15 is 0 Å². The number of nitrogens with zero attached hydrogens (tertiary/aromatic N) is 3. The van der Waals surface area contributed by atoms with E-state index in [9.17, 15) is 9.90 Å². The second-order valence-corrected chi connectivity index (χ2v) is 9.10. The summed E-state index contributed by atoms with van der Waals surface area (Å²) >= 11 is 6.41. The highest BCUT2D eigenvalue weighted by Crippen LogP contribution is 2.30.